The summed E-state index contributed by atoms with van der Waals surface area (Å²) in [7, 11) is 0. The molecule has 0 spiro atoms. The fraction of sp³-hybridized carbons (Fsp3) is 0.167. The van der Waals surface area contributed by atoms with Gasteiger partial charge in [-0.1, -0.05) is 23.7 Å². The fourth-order valence-corrected chi connectivity index (χ4v) is 1.24. The van der Waals surface area contributed by atoms with E-state index in [9.17, 15) is 4.79 Å². The number of esters is 1. The molecule has 0 fully saturated rings. The summed E-state index contributed by atoms with van der Waals surface area (Å²) >= 11 is 5.72. The number of carbonyl (C=O) groups excluding carboxylic acids is 1. The predicted molar refractivity (Wildman–Crippen MR) is 61.7 cm³/mol. The van der Waals surface area contributed by atoms with Gasteiger partial charge >= 0.3 is 5.97 Å². The topological polar surface area (TPSA) is 50.1 Å². The minimum atomic E-state index is -0.519. The van der Waals surface area contributed by atoms with Crippen LogP contribution in [0.25, 0.3) is 5.57 Å². The summed E-state index contributed by atoms with van der Waals surface area (Å²) in [6.45, 7) is 1.99. The summed E-state index contributed by atoms with van der Waals surface area (Å²) in [5.74, 6) is -0.519. The van der Waals surface area contributed by atoms with Crippen LogP contribution >= 0.6 is 11.6 Å². The average Bonchev–Trinajstić information content (AvgIpc) is 2.27. The summed E-state index contributed by atoms with van der Waals surface area (Å²) in [4.78, 5) is 11.2. The second kappa shape index (κ2) is 5.94. The first-order valence-electron chi connectivity index (χ1n) is 4.72. The minimum Gasteiger partial charge on any atom is -0.463 e. The summed E-state index contributed by atoms with van der Waals surface area (Å²) in [5.41, 5.74) is 0.898. The molecule has 1 aromatic rings. The number of nitriles is 1. The van der Waals surface area contributed by atoms with Crippen LogP contribution in [0.3, 0.4) is 0 Å². The largest absolute Gasteiger partial charge is 0.463 e. The lowest BCUT2D eigenvalue weighted by atomic mass is 10.1. The Balaban J connectivity index is 2.95. The Morgan fingerprint density at radius 2 is 2.12 bits per heavy atom. The molecule has 16 heavy (non-hydrogen) atoms. The molecule has 0 bridgehead atoms. The van der Waals surface area contributed by atoms with Crippen molar-refractivity contribution in [3.05, 3.63) is 40.9 Å². The third kappa shape index (κ3) is 3.41. The van der Waals surface area contributed by atoms with E-state index in [-0.39, 0.29) is 12.2 Å². The van der Waals surface area contributed by atoms with Gasteiger partial charge in [-0.05, 0) is 24.6 Å². The van der Waals surface area contributed by atoms with E-state index in [2.05, 4.69) is 0 Å². The normalized spacial score (nSPS) is 10.7. The lowest BCUT2D eigenvalue weighted by molar-refractivity contribution is -0.137. The molecule has 0 saturated heterocycles. The minimum absolute atomic E-state index is 0.259. The second-order valence-electron chi connectivity index (χ2n) is 2.93. The zero-order valence-corrected chi connectivity index (χ0v) is 9.49. The Hall–Kier alpha value is -1.79. The molecule has 0 unspecified atom stereocenters. The maximum Gasteiger partial charge on any atom is 0.332 e. The summed E-state index contributed by atoms with van der Waals surface area (Å²) in [5, 5.41) is 9.49. The molecule has 1 aromatic carbocycles. The lowest BCUT2D eigenvalue weighted by Gasteiger charge is -1.99. The Labute approximate surface area is 98.9 Å². The first kappa shape index (κ1) is 12.3. The highest BCUT2D eigenvalue weighted by Gasteiger charge is 2.04. The second-order valence-corrected chi connectivity index (χ2v) is 3.37. The first-order valence-corrected chi connectivity index (χ1v) is 5.09. The molecule has 0 aromatic heterocycles. The number of rotatable bonds is 3. The molecular weight excluding hydrogens is 226 g/mol. The van der Waals surface area contributed by atoms with E-state index in [0.29, 0.717) is 10.6 Å². The third-order valence-corrected chi connectivity index (χ3v) is 2.08. The molecule has 0 saturated carbocycles. The highest BCUT2D eigenvalue weighted by molar-refractivity contribution is 6.30. The summed E-state index contributed by atoms with van der Waals surface area (Å²) < 4.78 is 4.73. The molecule has 1 rings (SSSR count). The van der Waals surface area contributed by atoms with Gasteiger partial charge in [-0.15, -0.1) is 0 Å². The maximum absolute atomic E-state index is 11.2. The van der Waals surface area contributed by atoms with Crippen LogP contribution in [-0.4, -0.2) is 12.6 Å². The monoisotopic (exact) mass is 235 g/mol. The molecule has 0 N–H and O–H groups in total. The molecule has 4 heteroatoms. The van der Waals surface area contributed by atoms with Crippen molar-refractivity contribution >= 4 is 23.1 Å². The molecule has 0 heterocycles. The van der Waals surface area contributed by atoms with Gasteiger partial charge < -0.3 is 4.74 Å². The zero-order valence-electron chi connectivity index (χ0n) is 8.74. The number of ether oxygens (including phenoxy) is 1. The van der Waals surface area contributed by atoms with Crippen molar-refractivity contribution < 1.29 is 9.53 Å². The fourth-order valence-electron chi connectivity index (χ4n) is 1.11. The van der Waals surface area contributed by atoms with Crippen molar-refractivity contribution in [2.24, 2.45) is 0 Å². The van der Waals surface area contributed by atoms with Gasteiger partial charge in [0.2, 0.25) is 0 Å². The highest BCUT2D eigenvalue weighted by Crippen LogP contribution is 2.16. The predicted octanol–water partition coefficient (Wildman–Crippen LogP) is 2.81. The molecule has 3 nitrogen and oxygen atoms in total. The molecular formula is C12H10ClNO2. The quantitative estimate of drug-likeness (QED) is 0.460. The van der Waals surface area contributed by atoms with Crippen LogP contribution in [0, 0.1) is 11.3 Å². The standard InChI is InChI=1S/C12H10ClNO2/c1-2-16-12(15)7-10(8-14)9-3-5-11(13)6-4-9/h3-7H,2H2,1H3. The summed E-state index contributed by atoms with van der Waals surface area (Å²) in [6, 6.07) is 8.62. The van der Waals surface area contributed by atoms with Crippen LogP contribution < -0.4 is 0 Å². The van der Waals surface area contributed by atoms with Gasteiger partial charge in [-0.25, -0.2) is 4.79 Å². The molecule has 0 aliphatic heterocycles. The van der Waals surface area contributed by atoms with Crippen LogP contribution in [-0.2, 0) is 9.53 Å². The Bertz CT molecular complexity index is 443. The van der Waals surface area contributed by atoms with Crippen LogP contribution in [0.4, 0.5) is 0 Å². The van der Waals surface area contributed by atoms with Crippen molar-refractivity contribution in [3.8, 4) is 6.07 Å². The van der Waals surface area contributed by atoms with Crippen molar-refractivity contribution in [1.82, 2.24) is 0 Å². The molecule has 0 aliphatic carbocycles. The van der Waals surface area contributed by atoms with Crippen LogP contribution in [0.1, 0.15) is 12.5 Å². The lowest BCUT2D eigenvalue weighted by Crippen LogP contribution is -2.00. The number of carbonyl (C=O) groups is 1. The highest BCUT2D eigenvalue weighted by atomic mass is 35.5. The van der Waals surface area contributed by atoms with E-state index in [1.165, 1.54) is 6.08 Å². The van der Waals surface area contributed by atoms with Crippen molar-refractivity contribution in [2.45, 2.75) is 6.92 Å². The maximum atomic E-state index is 11.2. The van der Waals surface area contributed by atoms with Crippen LogP contribution in [0.2, 0.25) is 5.02 Å². The molecule has 82 valence electrons. The van der Waals surface area contributed by atoms with Crippen LogP contribution in [0.5, 0.6) is 0 Å². The average molecular weight is 236 g/mol. The van der Waals surface area contributed by atoms with Gasteiger partial charge in [0.25, 0.3) is 0 Å². The van der Waals surface area contributed by atoms with E-state index in [1.807, 2.05) is 6.07 Å². The SMILES string of the molecule is CCOC(=O)C=C(C#N)c1ccc(Cl)cc1. The molecule has 0 aliphatic rings. The van der Waals surface area contributed by atoms with Gasteiger partial charge in [0.05, 0.1) is 12.2 Å². The number of nitrogens with zero attached hydrogens (tertiary/aromatic N) is 1. The van der Waals surface area contributed by atoms with E-state index >= 15 is 0 Å². The van der Waals surface area contributed by atoms with Crippen molar-refractivity contribution in [1.29, 1.82) is 5.26 Å². The van der Waals surface area contributed by atoms with Gasteiger partial charge in [0, 0.05) is 11.1 Å². The molecule has 0 amide bonds. The van der Waals surface area contributed by atoms with Crippen molar-refractivity contribution in [3.63, 3.8) is 0 Å². The first-order chi connectivity index (χ1) is 7.67. The van der Waals surface area contributed by atoms with Crippen LogP contribution in [0.15, 0.2) is 30.3 Å². The third-order valence-electron chi connectivity index (χ3n) is 1.82. The summed E-state index contributed by atoms with van der Waals surface area (Å²) in [6.07, 6.45) is 1.17. The number of halogens is 1. The van der Waals surface area contributed by atoms with E-state index in [4.69, 9.17) is 21.6 Å². The molecule has 0 atom stereocenters. The van der Waals surface area contributed by atoms with E-state index < -0.39 is 5.97 Å². The smallest absolute Gasteiger partial charge is 0.332 e. The number of allylic oxidation sites excluding steroid dienone is 1. The zero-order chi connectivity index (χ0) is 12.0. The Kier molecular flexibility index (Phi) is 4.56. The van der Waals surface area contributed by atoms with Gasteiger partial charge in [0.1, 0.15) is 6.07 Å². The molecule has 0 radical (unpaired) electrons. The van der Waals surface area contributed by atoms with Gasteiger partial charge in [-0.3, -0.25) is 0 Å². The number of hydrogen-bond acceptors (Lipinski definition) is 3. The Morgan fingerprint density at radius 3 is 2.62 bits per heavy atom. The van der Waals surface area contributed by atoms with Gasteiger partial charge in [0.15, 0.2) is 0 Å². The number of hydrogen-bond donors (Lipinski definition) is 0. The van der Waals surface area contributed by atoms with Gasteiger partial charge in [-0.2, -0.15) is 5.26 Å². The Morgan fingerprint density at radius 1 is 1.50 bits per heavy atom. The van der Waals surface area contributed by atoms with E-state index in [1.54, 1.807) is 31.2 Å². The number of benzene rings is 1. The van der Waals surface area contributed by atoms with Crippen molar-refractivity contribution in [2.75, 3.05) is 6.61 Å². The van der Waals surface area contributed by atoms with E-state index in [0.717, 1.165) is 0 Å².